The predicted octanol–water partition coefficient (Wildman–Crippen LogP) is -3.89. The lowest BCUT2D eigenvalue weighted by Gasteiger charge is -2.46. The number of unbranched alkanes of at least 4 members (excludes halogenated alkanes) is 1. The summed E-state index contributed by atoms with van der Waals surface area (Å²) in [5.41, 5.74) is 0. The third kappa shape index (κ3) is 12.6. The second-order valence-corrected chi connectivity index (χ2v) is 12.5. The Hall–Kier alpha value is -2.44. The number of ether oxygens (including phenoxy) is 6. The molecule has 3 amide bonds. The van der Waals surface area contributed by atoms with Crippen LogP contribution in [0, 0.1) is 0 Å². The summed E-state index contributed by atoms with van der Waals surface area (Å²) in [5.74, 6) is -2.26. The van der Waals surface area contributed by atoms with E-state index in [1.807, 2.05) is 6.92 Å². The van der Waals surface area contributed by atoms with Gasteiger partial charge in [-0.1, -0.05) is 0 Å². The molecule has 12 atom stereocenters. The van der Waals surface area contributed by atoms with Gasteiger partial charge in [-0.2, -0.15) is 0 Å². The minimum atomic E-state index is -1.78. The van der Waals surface area contributed by atoms with Crippen molar-refractivity contribution in [3.05, 3.63) is 0 Å². The maximum atomic E-state index is 12.1. The van der Waals surface area contributed by atoms with Crippen molar-refractivity contribution < 1.29 is 88.2 Å². The Balaban J connectivity index is 0.000000770. The molecule has 4 fully saturated rings. The standard InChI is InChI=1S/C25H40N2O16.C6H12O2/c1-38-11-13-19(34)23(42-25-21(36)20(35)18(33)12(10-28)40-25)22(37)24(41-13)39-9-8-26-14(29)4-2-3-5-17(32)43-27-15(30)6-7-16(27)31;1-5-6(7)3-2-4-8-5/h12-13,18-25,28,33-37H,2-11H2,1H3,(H,26,29);5-7H,2-4H2,1H3/t12?,13?,18-,19-,20?,21?,22?,23?,24+,25-;/m1./s1. The summed E-state index contributed by atoms with van der Waals surface area (Å²) in [4.78, 5) is 51.6. The molecule has 0 bridgehead atoms. The number of imide groups is 1. The van der Waals surface area contributed by atoms with Crippen molar-refractivity contribution in [1.29, 1.82) is 0 Å². The highest BCUT2D eigenvalue weighted by Gasteiger charge is 2.51. The van der Waals surface area contributed by atoms with E-state index in [2.05, 4.69) is 5.32 Å². The predicted molar refractivity (Wildman–Crippen MR) is 166 cm³/mol. The second-order valence-electron chi connectivity index (χ2n) is 12.5. The quantitative estimate of drug-likeness (QED) is 0.0588. The number of carbonyl (C=O) groups excluding carboxylic acids is 4. The number of aliphatic hydroxyl groups is 7. The Kier molecular flexibility index (Phi) is 18.0. The van der Waals surface area contributed by atoms with Crippen molar-refractivity contribution in [3.8, 4) is 0 Å². The Bertz CT molecular complexity index is 1090. The zero-order valence-corrected chi connectivity index (χ0v) is 28.7. The molecule has 4 aliphatic rings. The molecule has 0 aromatic carbocycles. The summed E-state index contributed by atoms with van der Waals surface area (Å²) in [5, 5.41) is 73.3. The first kappa shape index (κ1) is 43.0. The Morgan fingerprint density at radius 1 is 0.882 bits per heavy atom. The van der Waals surface area contributed by atoms with E-state index in [0.29, 0.717) is 11.5 Å². The van der Waals surface area contributed by atoms with Crippen molar-refractivity contribution in [3.63, 3.8) is 0 Å². The lowest BCUT2D eigenvalue weighted by Crippen LogP contribution is -2.65. The first-order valence-corrected chi connectivity index (χ1v) is 17.0. The highest BCUT2D eigenvalue weighted by molar-refractivity contribution is 6.01. The number of hydroxylamine groups is 2. The van der Waals surface area contributed by atoms with Crippen molar-refractivity contribution >= 4 is 23.7 Å². The summed E-state index contributed by atoms with van der Waals surface area (Å²) >= 11 is 0. The molecule has 4 aliphatic heterocycles. The van der Waals surface area contributed by atoms with Crippen LogP contribution in [-0.4, -0.2) is 178 Å². The van der Waals surface area contributed by atoms with Gasteiger partial charge in [0.05, 0.1) is 32.0 Å². The maximum absolute atomic E-state index is 12.1. The van der Waals surface area contributed by atoms with Crippen LogP contribution in [0.15, 0.2) is 0 Å². The van der Waals surface area contributed by atoms with E-state index in [-0.39, 0.29) is 70.0 Å². The number of rotatable bonds is 15. The van der Waals surface area contributed by atoms with Gasteiger partial charge in [0.25, 0.3) is 11.8 Å². The van der Waals surface area contributed by atoms with Gasteiger partial charge in [-0.15, -0.1) is 5.06 Å². The average Bonchev–Trinajstić information content (AvgIpc) is 3.42. The fourth-order valence-corrected chi connectivity index (χ4v) is 5.56. The van der Waals surface area contributed by atoms with Crippen LogP contribution in [-0.2, 0) is 52.4 Å². The van der Waals surface area contributed by atoms with Crippen LogP contribution in [0.3, 0.4) is 0 Å². The number of nitrogens with one attached hydrogen (secondary N) is 1. The summed E-state index contributed by atoms with van der Waals surface area (Å²) in [6.07, 6.45) is -12.8. The normalized spacial score (nSPS) is 35.6. The summed E-state index contributed by atoms with van der Waals surface area (Å²) < 4.78 is 32.2. The van der Waals surface area contributed by atoms with E-state index < -0.39 is 85.8 Å². The molecule has 20 heteroatoms. The van der Waals surface area contributed by atoms with Crippen molar-refractivity contribution in [2.24, 2.45) is 0 Å². The van der Waals surface area contributed by atoms with Gasteiger partial charge in [-0.05, 0) is 32.6 Å². The Labute approximate surface area is 294 Å². The summed E-state index contributed by atoms with van der Waals surface area (Å²) in [6.45, 7) is 1.74. The van der Waals surface area contributed by atoms with E-state index >= 15 is 0 Å². The minimum absolute atomic E-state index is 0.00235. The fourth-order valence-electron chi connectivity index (χ4n) is 5.56. The zero-order valence-electron chi connectivity index (χ0n) is 28.7. The smallest absolute Gasteiger partial charge is 0.333 e. The third-order valence-corrected chi connectivity index (χ3v) is 8.62. The van der Waals surface area contributed by atoms with Crippen LogP contribution in [0.2, 0.25) is 0 Å². The highest BCUT2D eigenvalue weighted by atomic mass is 16.7. The monoisotopic (exact) mass is 740 g/mol. The van der Waals surface area contributed by atoms with E-state index in [0.717, 1.165) is 19.4 Å². The van der Waals surface area contributed by atoms with Gasteiger partial charge in [0.2, 0.25) is 5.91 Å². The van der Waals surface area contributed by atoms with E-state index in [1.54, 1.807) is 0 Å². The molecule has 51 heavy (non-hydrogen) atoms. The van der Waals surface area contributed by atoms with Gasteiger partial charge in [-0.25, -0.2) is 4.79 Å². The minimum Gasteiger partial charge on any atom is -0.394 e. The topological polar surface area (TPSA) is 290 Å². The van der Waals surface area contributed by atoms with Gasteiger partial charge >= 0.3 is 5.97 Å². The number of nitrogens with zero attached hydrogens (tertiary/aromatic N) is 1. The molecule has 20 nitrogen and oxygen atoms in total. The molecule has 4 heterocycles. The number of amides is 3. The van der Waals surface area contributed by atoms with Crippen molar-refractivity contribution in [1.82, 2.24) is 10.4 Å². The first-order valence-electron chi connectivity index (χ1n) is 17.0. The van der Waals surface area contributed by atoms with Crippen molar-refractivity contribution in [2.45, 2.75) is 132 Å². The maximum Gasteiger partial charge on any atom is 0.333 e. The van der Waals surface area contributed by atoms with E-state index in [1.165, 1.54) is 7.11 Å². The Morgan fingerprint density at radius 2 is 1.55 bits per heavy atom. The first-order chi connectivity index (χ1) is 24.3. The molecule has 4 rings (SSSR count). The van der Waals surface area contributed by atoms with Gasteiger partial charge in [-0.3, -0.25) is 14.4 Å². The molecular weight excluding hydrogens is 688 g/mol. The summed E-state index contributed by atoms with van der Waals surface area (Å²) in [7, 11) is 1.35. The van der Waals surface area contributed by atoms with Crippen LogP contribution >= 0.6 is 0 Å². The number of aliphatic hydroxyl groups excluding tert-OH is 7. The summed E-state index contributed by atoms with van der Waals surface area (Å²) in [6, 6.07) is 0. The van der Waals surface area contributed by atoms with Gasteiger partial charge in [0.15, 0.2) is 12.6 Å². The molecule has 8 N–H and O–H groups in total. The van der Waals surface area contributed by atoms with E-state index in [9.17, 15) is 49.8 Å². The van der Waals surface area contributed by atoms with Gasteiger partial charge < -0.3 is 74.3 Å². The van der Waals surface area contributed by atoms with Crippen LogP contribution in [0.1, 0.15) is 58.3 Å². The van der Waals surface area contributed by atoms with Gasteiger partial charge in [0.1, 0.15) is 48.8 Å². The highest BCUT2D eigenvalue weighted by Crippen LogP contribution is 2.29. The molecule has 0 aliphatic carbocycles. The van der Waals surface area contributed by atoms with Crippen LogP contribution in [0.4, 0.5) is 0 Å². The fraction of sp³-hybridized carbons (Fsp3) is 0.871. The molecule has 4 saturated heterocycles. The number of hydrogen-bond donors (Lipinski definition) is 8. The lowest BCUT2D eigenvalue weighted by atomic mass is 9.97. The molecule has 0 aromatic rings. The van der Waals surface area contributed by atoms with Crippen LogP contribution < -0.4 is 5.32 Å². The zero-order chi connectivity index (χ0) is 37.7. The average molecular weight is 741 g/mol. The molecular formula is C31H52N2O18. The molecule has 0 spiro atoms. The van der Waals surface area contributed by atoms with Gasteiger partial charge in [0, 0.05) is 45.9 Å². The third-order valence-electron chi connectivity index (χ3n) is 8.62. The molecule has 8 unspecified atom stereocenters. The van der Waals surface area contributed by atoms with Crippen molar-refractivity contribution in [2.75, 3.05) is 40.1 Å². The lowest BCUT2D eigenvalue weighted by molar-refractivity contribution is -0.360. The molecule has 294 valence electrons. The number of hydrogen-bond acceptors (Lipinski definition) is 18. The van der Waals surface area contributed by atoms with Crippen LogP contribution in [0.5, 0.6) is 0 Å². The number of carbonyl (C=O) groups is 4. The molecule has 0 aromatic heterocycles. The second kappa shape index (κ2) is 21.3. The van der Waals surface area contributed by atoms with E-state index in [4.69, 9.17) is 38.4 Å². The molecule has 0 saturated carbocycles. The Morgan fingerprint density at radius 3 is 2.16 bits per heavy atom. The van der Waals surface area contributed by atoms with Crippen LogP contribution in [0.25, 0.3) is 0 Å². The largest absolute Gasteiger partial charge is 0.394 e. The SMILES string of the molecule is CC1OCCCC1O.COCC1O[C@H](OCCNC(=O)CCCCC(=O)ON2C(=O)CCC2=O)C(O)C(O[C@H]2OC(CO)[C@@H](O)C(O)C2O)[C@@H]1O. The molecule has 0 radical (unpaired) electrons. The number of methoxy groups -OCH3 is 1.